The Morgan fingerprint density at radius 2 is 1.96 bits per heavy atom. The van der Waals surface area contributed by atoms with Gasteiger partial charge in [-0.3, -0.25) is 0 Å². The average Bonchev–Trinajstić information content (AvgIpc) is 3.20. The molecule has 1 aliphatic rings. The summed E-state index contributed by atoms with van der Waals surface area (Å²) >= 11 is 0. The van der Waals surface area contributed by atoms with E-state index in [1.54, 1.807) is 6.07 Å². The van der Waals surface area contributed by atoms with E-state index in [-0.39, 0.29) is 11.7 Å². The number of aromatic nitrogens is 4. The molecule has 130 valence electrons. The van der Waals surface area contributed by atoms with Crippen molar-refractivity contribution >= 4 is 11.5 Å². The molecule has 0 amide bonds. The van der Waals surface area contributed by atoms with Gasteiger partial charge in [-0.1, -0.05) is 29.8 Å². The first-order valence-corrected chi connectivity index (χ1v) is 8.06. The minimum absolute atomic E-state index is 0.0855. The molecule has 0 aliphatic carbocycles. The summed E-state index contributed by atoms with van der Waals surface area (Å²) < 4.78 is 40.0. The second-order valence-electron chi connectivity index (χ2n) is 6.25. The van der Waals surface area contributed by atoms with E-state index in [1.165, 1.54) is 6.07 Å². The van der Waals surface area contributed by atoms with Crippen LogP contribution in [0, 0.1) is 6.92 Å². The number of rotatable bonds is 2. The number of anilines is 1. The maximum absolute atomic E-state index is 13.1. The van der Waals surface area contributed by atoms with Crippen LogP contribution in [0.2, 0.25) is 0 Å². The van der Waals surface area contributed by atoms with Gasteiger partial charge in [0.05, 0.1) is 6.04 Å². The van der Waals surface area contributed by atoms with Gasteiger partial charge in [0.15, 0.2) is 5.65 Å². The van der Waals surface area contributed by atoms with Crippen molar-refractivity contribution in [2.24, 2.45) is 0 Å². The summed E-state index contributed by atoms with van der Waals surface area (Å²) in [6.45, 7) is 2.78. The van der Waals surface area contributed by atoms with E-state index in [1.807, 2.05) is 24.0 Å². The lowest BCUT2D eigenvalue weighted by Crippen LogP contribution is -2.24. The van der Waals surface area contributed by atoms with Gasteiger partial charge in [0.2, 0.25) is 0 Å². The van der Waals surface area contributed by atoms with Gasteiger partial charge in [0, 0.05) is 6.54 Å². The molecule has 3 aromatic rings. The van der Waals surface area contributed by atoms with Gasteiger partial charge in [0.1, 0.15) is 5.82 Å². The van der Waals surface area contributed by atoms with Gasteiger partial charge in [-0.15, -0.1) is 15.3 Å². The summed E-state index contributed by atoms with van der Waals surface area (Å²) in [7, 11) is 0. The van der Waals surface area contributed by atoms with Crippen LogP contribution < -0.4 is 4.90 Å². The van der Waals surface area contributed by atoms with Gasteiger partial charge in [-0.05, 0) is 37.5 Å². The number of benzene rings is 1. The van der Waals surface area contributed by atoms with Gasteiger partial charge in [0.25, 0.3) is 5.82 Å². The van der Waals surface area contributed by atoms with Crippen LogP contribution in [0.4, 0.5) is 19.0 Å². The van der Waals surface area contributed by atoms with Crippen LogP contribution in [0.1, 0.15) is 35.8 Å². The lowest BCUT2D eigenvalue weighted by Gasteiger charge is -2.26. The van der Waals surface area contributed by atoms with Crippen LogP contribution in [0.3, 0.4) is 0 Å². The van der Waals surface area contributed by atoms with E-state index in [0.717, 1.165) is 35.0 Å². The molecule has 3 heterocycles. The minimum Gasteiger partial charge on any atom is -0.348 e. The first-order chi connectivity index (χ1) is 11.9. The number of hydrogen-bond donors (Lipinski definition) is 0. The molecule has 2 aromatic heterocycles. The fourth-order valence-electron chi connectivity index (χ4n) is 3.37. The predicted octanol–water partition coefficient (Wildman–Crippen LogP) is 3.79. The Morgan fingerprint density at radius 1 is 1.12 bits per heavy atom. The number of halogens is 3. The van der Waals surface area contributed by atoms with Crippen LogP contribution in [0.15, 0.2) is 36.4 Å². The van der Waals surface area contributed by atoms with Crippen molar-refractivity contribution in [1.82, 2.24) is 19.8 Å². The Kier molecular flexibility index (Phi) is 3.63. The Bertz CT molecular complexity index is 918. The van der Waals surface area contributed by atoms with Crippen LogP contribution in [-0.2, 0) is 6.18 Å². The molecule has 1 saturated heterocycles. The van der Waals surface area contributed by atoms with E-state index < -0.39 is 12.0 Å². The van der Waals surface area contributed by atoms with Crippen LogP contribution in [0.25, 0.3) is 5.65 Å². The van der Waals surface area contributed by atoms with E-state index in [0.29, 0.717) is 5.82 Å². The number of aryl methyl sites for hydroxylation is 1. The van der Waals surface area contributed by atoms with E-state index in [4.69, 9.17) is 0 Å². The van der Waals surface area contributed by atoms with Crippen LogP contribution >= 0.6 is 0 Å². The van der Waals surface area contributed by atoms with E-state index in [9.17, 15) is 13.2 Å². The zero-order valence-corrected chi connectivity index (χ0v) is 13.5. The molecule has 1 aliphatic heterocycles. The molecule has 0 spiro atoms. The van der Waals surface area contributed by atoms with Crippen molar-refractivity contribution in [3.05, 3.63) is 53.3 Å². The molecule has 8 heteroatoms. The maximum atomic E-state index is 13.1. The second-order valence-corrected chi connectivity index (χ2v) is 6.25. The molecule has 0 bridgehead atoms. The number of fused-ring (bicyclic) bond motifs is 1. The summed E-state index contributed by atoms with van der Waals surface area (Å²) in [6, 6.07) is 11.5. The molecule has 5 nitrogen and oxygen atoms in total. The smallest absolute Gasteiger partial charge is 0.348 e. The van der Waals surface area contributed by atoms with Crippen molar-refractivity contribution in [2.45, 2.75) is 32.0 Å². The maximum Gasteiger partial charge on any atom is 0.453 e. The Balaban J connectivity index is 1.75. The standard InChI is InChI=1S/C17H16F3N5/c1-11-4-2-5-12(10-11)13-6-3-9-24(13)15-8-7-14-21-22-16(17(18,19)20)25(14)23-15/h2,4-5,7-8,10,13H,3,6,9H2,1H3. The first kappa shape index (κ1) is 15.9. The fraction of sp³-hybridized carbons (Fsp3) is 0.353. The normalized spacial score (nSPS) is 18.2. The molecule has 0 N–H and O–H groups in total. The molecule has 0 saturated carbocycles. The predicted molar refractivity (Wildman–Crippen MR) is 86.3 cm³/mol. The Morgan fingerprint density at radius 3 is 2.72 bits per heavy atom. The highest BCUT2D eigenvalue weighted by atomic mass is 19.4. The second kappa shape index (κ2) is 5.72. The van der Waals surface area contributed by atoms with Crippen molar-refractivity contribution in [3.8, 4) is 0 Å². The largest absolute Gasteiger partial charge is 0.453 e. The Hall–Kier alpha value is -2.64. The van der Waals surface area contributed by atoms with Gasteiger partial charge in [-0.2, -0.15) is 17.7 Å². The SMILES string of the molecule is Cc1cccc(C2CCCN2c2ccc3nnc(C(F)(F)F)n3n2)c1. The molecule has 1 unspecified atom stereocenters. The van der Waals surface area contributed by atoms with Crippen LogP contribution in [-0.4, -0.2) is 26.4 Å². The molecule has 1 atom stereocenters. The molecular weight excluding hydrogens is 331 g/mol. The van der Waals surface area contributed by atoms with Crippen molar-refractivity contribution < 1.29 is 13.2 Å². The van der Waals surface area contributed by atoms with E-state index in [2.05, 4.69) is 27.4 Å². The Labute approximate surface area is 142 Å². The highest BCUT2D eigenvalue weighted by Gasteiger charge is 2.38. The zero-order valence-electron chi connectivity index (χ0n) is 13.5. The van der Waals surface area contributed by atoms with Gasteiger partial charge >= 0.3 is 6.18 Å². The zero-order chi connectivity index (χ0) is 17.6. The van der Waals surface area contributed by atoms with Gasteiger partial charge in [-0.25, -0.2) is 0 Å². The first-order valence-electron chi connectivity index (χ1n) is 8.06. The fourth-order valence-corrected chi connectivity index (χ4v) is 3.37. The van der Waals surface area contributed by atoms with Crippen LogP contribution in [0.5, 0.6) is 0 Å². The third kappa shape index (κ3) is 2.81. The number of nitrogens with zero attached hydrogens (tertiary/aromatic N) is 5. The molecule has 25 heavy (non-hydrogen) atoms. The number of hydrogen-bond acceptors (Lipinski definition) is 4. The lowest BCUT2D eigenvalue weighted by molar-refractivity contribution is -0.146. The number of alkyl halides is 3. The monoisotopic (exact) mass is 347 g/mol. The van der Waals surface area contributed by atoms with Gasteiger partial charge < -0.3 is 4.90 Å². The average molecular weight is 347 g/mol. The molecule has 0 radical (unpaired) electrons. The molecule has 1 fully saturated rings. The molecular formula is C17H16F3N5. The molecule has 4 rings (SSSR count). The third-order valence-electron chi connectivity index (χ3n) is 4.48. The lowest BCUT2D eigenvalue weighted by atomic mass is 10.0. The van der Waals surface area contributed by atoms with E-state index >= 15 is 0 Å². The van der Waals surface area contributed by atoms with Crippen molar-refractivity contribution in [2.75, 3.05) is 11.4 Å². The quantitative estimate of drug-likeness (QED) is 0.708. The van der Waals surface area contributed by atoms with Crippen molar-refractivity contribution in [1.29, 1.82) is 0 Å². The molecule has 1 aromatic carbocycles. The highest BCUT2D eigenvalue weighted by molar-refractivity contribution is 5.49. The minimum atomic E-state index is -4.59. The summed E-state index contributed by atoms with van der Waals surface area (Å²) in [5.74, 6) is -0.600. The van der Waals surface area contributed by atoms with Crippen molar-refractivity contribution in [3.63, 3.8) is 0 Å². The summed E-state index contributed by atoms with van der Waals surface area (Å²) in [5.41, 5.74) is 2.40. The topological polar surface area (TPSA) is 46.3 Å². The summed E-state index contributed by atoms with van der Waals surface area (Å²) in [5, 5.41) is 11.0. The summed E-state index contributed by atoms with van der Waals surface area (Å²) in [6.07, 6.45) is -2.68. The summed E-state index contributed by atoms with van der Waals surface area (Å²) in [4.78, 5) is 2.05. The third-order valence-corrected chi connectivity index (χ3v) is 4.48. The highest BCUT2D eigenvalue weighted by Crippen LogP contribution is 2.36.